The third-order valence-corrected chi connectivity index (χ3v) is 9.53. The molecule has 2 fully saturated rings. The van der Waals surface area contributed by atoms with Gasteiger partial charge in [0.2, 0.25) is 0 Å². The number of nitrogens with two attached hydrogens (primary N) is 1. The smallest absolute Gasteiger partial charge is 0.382 e. The van der Waals surface area contributed by atoms with Gasteiger partial charge in [0.15, 0.2) is 11.5 Å². The summed E-state index contributed by atoms with van der Waals surface area (Å²) in [7, 11) is -3.57. The van der Waals surface area contributed by atoms with Crippen LogP contribution in [0, 0.1) is 0 Å². The molecule has 4 heterocycles. The molecule has 3 aliphatic rings. The van der Waals surface area contributed by atoms with Crippen molar-refractivity contribution in [3.8, 4) is 11.4 Å². The maximum absolute atomic E-state index is 13.8. The van der Waals surface area contributed by atoms with Crippen LogP contribution in [-0.4, -0.2) is 61.0 Å². The molecule has 4 N–H and O–H groups in total. The second-order valence-electron chi connectivity index (χ2n) is 10.8. The number of nitrogens with one attached hydrogen (secondary N) is 2. The highest BCUT2D eigenvalue weighted by Gasteiger charge is 2.38. The van der Waals surface area contributed by atoms with Crippen LogP contribution in [0.5, 0.6) is 0 Å². The molecule has 3 aromatic heterocycles. The number of rotatable bonds is 8. The van der Waals surface area contributed by atoms with E-state index in [2.05, 4.69) is 30.8 Å². The highest BCUT2D eigenvalue weighted by atomic mass is 32.2. The van der Waals surface area contributed by atoms with Gasteiger partial charge in [0.1, 0.15) is 12.7 Å². The summed E-state index contributed by atoms with van der Waals surface area (Å²) in [6.07, 6.45) is 6.55. The third kappa shape index (κ3) is 5.90. The number of alkyl halides is 4. The molecule has 1 atom stereocenters. The Bertz CT molecular complexity index is 1640. The standard InChI is InChI=1S/C26H29F4N9O2S/c27-17-1-3-18(4-2-17)35-22-11-25(31,33-13-20(22)21-8-10-38(37-21)15-26(28,29)30)23-7-9-32-24(36-23)16-12-34-39(14-16)42(40,41)19-5-6-19/h7-14,17-19,33,35H,1-6,15,31H2. The molecule has 0 bridgehead atoms. The van der Waals surface area contributed by atoms with Crippen LogP contribution in [0.15, 0.2) is 54.9 Å². The zero-order valence-corrected chi connectivity index (χ0v) is 23.1. The molecule has 6 rings (SSSR count). The lowest BCUT2D eigenvalue weighted by Crippen LogP contribution is -2.50. The average molecular weight is 608 g/mol. The minimum absolute atomic E-state index is 0.0773. The van der Waals surface area contributed by atoms with Crippen molar-refractivity contribution in [3.63, 3.8) is 0 Å². The molecule has 0 spiro atoms. The molecule has 16 heteroatoms. The Morgan fingerprint density at radius 2 is 1.90 bits per heavy atom. The summed E-state index contributed by atoms with van der Waals surface area (Å²) in [5, 5.41) is 14.2. The van der Waals surface area contributed by atoms with Crippen LogP contribution in [-0.2, 0) is 22.2 Å². The molecular weight excluding hydrogens is 578 g/mol. The van der Waals surface area contributed by atoms with Crippen LogP contribution >= 0.6 is 0 Å². The Balaban J connectivity index is 1.31. The lowest BCUT2D eigenvalue weighted by Gasteiger charge is -2.34. The summed E-state index contributed by atoms with van der Waals surface area (Å²) < 4.78 is 79.5. The summed E-state index contributed by atoms with van der Waals surface area (Å²) >= 11 is 0. The first kappa shape index (κ1) is 28.3. The first-order valence-electron chi connectivity index (χ1n) is 13.5. The number of hydrogen-bond donors (Lipinski definition) is 3. The van der Waals surface area contributed by atoms with Crippen molar-refractivity contribution in [3.05, 3.63) is 66.3 Å². The highest BCUT2D eigenvalue weighted by molar-refractivity contribution is 7.90. The Morgan fingerprint density at radius 1 is 1.14 bits per heavy atom. The van der Waals surface area contributed by atoms with Crippen molar-refractivity contribution in [1.82, 2.24) is 39.6 Å². The van der Waals surface area contributed by atoms with Crippen molar-refractivity contribution >= 4 is 15.6 Å². The van der Waals surface area contributed by atoms with Crippen molar-refractivity contribution in [1.29, 1.82) is 0 Å². The summed E-state index contributed by atoms with van der Waals surface area (Å²) in [5.74, 6) is 0.209. The van der Waals surface area contributed by atoms with Crippen LogP contribution in [0.1, 0.15) is 49.9 Å². The normalized spacial score (nSPS) is 25.0. The van der Waals surface area contributed by atoms with Crippen LogP contribution in [0.4, 0.5) is 17.6 Å². The molecule has 2 aliphatic carbocycles. The minimum atomic E-state index is -4.43. The second-order valence-corrected chi connectivity index (χ2v) is 12.9. The molecule has 0 saturated heterocycles. The van der Waals surface area contributed by atoms with Gasteiger partial charge in [-0.2, -0.15) is 27.5 Å². The van der Waals surface area contributed by atoms with E-state index in [4.69, 9.17) is 5.73 Å². The molecular formula is C26H29F4N9O2S. The Hall–Kier alpha value is -3.79. The fourth-order valence-electron chi connectivity index (χ4n) is 5.10. The molecule has 2 saturated carbocycles. The Morgan fingerprint density at radius 3 is 2.62 bits per heavy atom. The van der Waals surface area contributed by atoms with Gasteiger partial charge < -0.3 is 16.4 Å². The quantitative estimate of drug-likeness (QED) is 0.329. The van der Waals surface area contributed by atoms with Gasteiger partial charge in [-0.3, -0.25) is 4.68 Å². The lowest BCUT2D eigenvalue weighted by molar-refractivity contribution is -0.142. The van der Waals surface area contributed by atoms with E-state index in [1.54, 1.807) is 18.3 Å². The van der Waals surface area contributed by atoms with E-state index in [1.165, 1.54) is 30.9 Å². The summed E-state index contributed by atoms with van der Waals surface area (Å²) in [6.45, 7) is -1.23. The molecule has 0 radical (unpaired) electrons. The first-order chi connectivity index (χ1) is 19.9. The van der Waals surface area contributed by atoms with Gasteiger partial charge in [-0.1, -0.05) is 0 Å². The zero-order chi connectivity index (χ0) is 29.7. The summed E-state index contributed by atoms with van der Waals surface area (Å²) in [4.78, 5) is 8.86. The molecule has 1 unspecified atom stereocenters. The van der Waals surface area contributed by atoms with Gasteiger partial charge in [-0.15, -0.1) is 0 Å². The fourth-order valence-corrected chi connectivity index (χ4v) is 6.57. The first-order valence-corrected chi connectivity index (χ1v) is 15.0. The summed E-state index contributed by atoms with van der Waals surface area (Å²) in [6, 6.07) is 3.00. The van der Waals surface area contributed by atoms with Crippen LogP contribution < -0.4 is 16.4 Å². The Kier molecular flexibility index (Phi) is 7.07. The molecule has 0 aromatic carbocycles. The van der Waals surface area contributed by atoms with E-state index in [0.29, 0.717) is 66.7 Å². The van der Waals surface area contributed by atoms with E-state index in [0.717, 1.165) is 8.77 Å². The maximum atomic E-state index is 13.8. The number of nitrogens with zero attached hydrogens (tertiary/aromatic N) is 6. The number of dihydropyridines is 1. The largest absolute Gasteiger partial charge is 0.408 e. The highest BCUT2D eigenvalue weighted by Crippen LogP contribution is 2.33. The van der Waals surface area contributed by atoms with E-state index in [-0.39, 0.29) is 11.9 Å². The van der Waals surface area contributed by atoms with Crippen molar-refractivity contribution < 1.29 is 26.0 Å². The van der Waals surface area contributed by atoms with Gasteiger partial charge in [0, 0.05) is 35.9 Å². The van der Waals surface area contributed by atoms with E-state index >= 15 is 0 Å². The average Bonchev–Trinajstić information content (AvgIpc) is 3.52. The number of halogens is 4. The molecule has 42 heavy (non-hydrogen) atoms. The van der Waals surface area contributed by atoms with Gasteiger partial charge in [0.05, 0.1) is 34.6 Å². The minimum Gasteiger partial charge on any atom is -0.382 e. The molecule has 0 amide bonds. The van der Waals surface area contributed by atoms with Gasteiger partial charge in [-0.25, -0.2) is 22.8 Å². The number of aromatic nitrogens is 6. The summed E-state index contributed by atoms with van der Waals surface area (Å²) in [5.41, 5.74) is 7.42. The van der Waals surface area contributed by atoms with Gasteiger partial charge in [0.25, 0.3) is 10.0 Å². The van der Waals surface area contributed by atoms with E-state index in [1.807, 2.05) is 0 Å². The fraction of sp³-hybridized carbons (Fsp3) is 0.462. The number of hydrogen-bond acceptors (Lipinski definition) is 9. The lowest BCUT2D eigenvalue weighted by atomic mass is 9.91. The predicted molar refractivity (Wildman–Crippen MR) is 144 cm³/mol. The van der Waals surface area contributed by atoms with Crippen LogP contribution in [0.3, 0.4) is 0 Å². The Labute approximate surface area is 239 Å². The van der Waals surface area contributed by atoms with Crippen molar-refractivity contribution in [2.45, 2.75) is 74.4 Å². The topological polar surface area (TPSA) is 146 Å². The zero-order valence-electron chi connectivity index (χ0n) is 22.3. The van der Waals surface area contributed by atoms with Gasteiger partial charge >= 0.3 is 6.18 Å². The SMILES string of the molecule is NC1(c2ccnc(-c3cnn(S(=O)(=O)C4CC4)c3)n2)C=C(NC2CCC(F)CC2)C(c2ccn(CC(F)(F)F)n2)=CN1. The molecule has 1 aliphatic heterocycles. The molecule has 224 valence electrons. The van der Waals surface area contributed by atoms with E-state index < -0.39 is 39.8 Å². The second kappa shape index (κ2) is 10.5. The van der Waals surface area contributed by atoms with Crippen molar-refractivity contribution in [2.24, 2.45) is 5.73 Å². The monoisotopic (exact) mass is 607 g/mol. The third-order valence-electron chi connectivity index (χ3n) is 7.50. The van der Waals surface area contributed by atoms with Crippen molar-refractivity contribution in [2.75, 3.05) is 0 Å². The molecule has 3 aromatic rings. The predicted octanol–water partition coefficient (Wildman–Crippen LogP) is 2.95. The number of allylic oxidation sites excluding steroid dienone is 1. The van der Waals surface area contributed by atoms with Crippen LogP contribution in [0.25, 0.3) is 17.0 Å². The van der Waals surface area contributed by atoms with Crippen LogP contribution in [0.2, 0.25) is 0 Å². The molecule has 11 nitrogen and oxygen atoms in total. The maximum Gasteiger partial charge on any atom is 0.408 e. The van der Waals surface area contributed by atoms with E-state index in [9.17, 15) is 26.0 Å². The van der Waals surface area contributed by atoms with Gasteiger partial charge in [-0.05, 0) is 56.7 Å².